The number of ether oxygens (including phenoxy) is 1. The van der Waals surface area contributed by atoms with Crippen LogP contribution in [0.25, 0.3) is 0 Å². The van der Waals surface area contributed by atoms with Gasteiger partial charge in [-0.15, -0.1) is 0 Å². The van der Waals surface area contributed by atoms with E-state index in [-0.39, 0.29) is 29.3 Å². The zero-order valence-electron chi connectivity index (χ0n) is 13.4. The Morgan fingerprint density at radius 3 is 2.46 bits per heavy atom. The van der Waals surface area contributed by atoms with Gasteiger partial charge in [0.1, 0.15) is 5.82 Å². The summed E-state index contributed by atoms with van der Waals surface area (Å²) in [7, 11) is 0. The highest BCUT2D eigenvalue weighted by atomic mass is 79.9. The molecule has 136 valence electrons. The summed E-state index contributed by atoms with van der Waals surface area (Å²) in [4.78, 5) is 35.3. The highest BCUT2D eigenvalue weighted by Gasteiger charge is 2.13. The maximum absolute atomic E-state index is 13.5. The second kappa shape index (κ2) is 9.45. The Kier molecular flexibility index (Phi) is 7.29. The minimum absolute atomic E-state index is 0.0367. The molecule has 1 N–H and O–H groups in total. The molecule has 0 aliphatic heterocycles. The van der Waals surface area contributed by atoms with E-state index in [1.54, 1.807) is 24.3 Å². The minimum Gasteiger partial charge on any atom is -0.456 e. The number of carbonyl (C=O) groups excluding carboxylic acids is 3. The summed E-state index contributed by atoms with van der Waals surface area (Å²) < 4.78 is 19.1. The number of hydrogen-bond acceptors (Lipinski definition) is 4. The fraction of sp³-hybridized carbons (Fsp3) is 0.167. The van der Waals surface area contributed by atoms with Crippen molar-refractivity contribution in [1.29, 1.82) is 0 Å². The van der Waals surface area contributed by atoms with Gasteiger partial charge in [0.05, 0.1) is 12.1 Å². The van der Waals surface area contributed by atoms with Crippen LogP contribution in [0, 0.1) is 5.82 Å². The van der Waals surface area contributed by atoms with Crippen molar-refractivity contribution in [2.75, 3.05) is 11.9 Å². The first-order valence-electron chi connectivity index (χ1n) is 7.54. The average Bonchev–Trinajstić information content (AvgIpc) is 2.61. The molecule has 2 aromatic carbocycles. The lowest BCUT2D eigenvalue weighted by atomic mass is 10.1. The summed E-state index contributed by atoms with van der Waals surface area (Å²) in [6.45, 7) is -0.586. The topological polar surface area (TPSA) is 72.5 Å². The predicted molar refractivity (Wildman–Crippen MR) is 98.7 cm³/mol. The van der Waals surface area contributed by atoms with Crippen molar-refractivity contribution in [1.82, 2.24) is 0 Å². The van der Waals surface area contributed by atoms with Gasteiger partial charge in [-0.05, 0) is 30.3 Å². The molecule has 0 aliphatic carbocycles. The Hall–Kier alpha value is -2.25. The van der Waals surface area contributed by atoms with Crippen molar-refractivity contribution in [3.63, 3.8) is 0 Å². The van der Waals surface area contributed by atoms with E-state index in [4.69, 9.17) is 16.3 Å². The molecule has 0 bridgehead atoms. The van der Waals surface area contributed by atoms with E-state index in [1.165, 1.54) is 12.1 Å². The van der Waals surface area contributed by atoms with Gasteiger partial charge in [-0.25, -0.2) is 4.39 Å². The summed E-state index contributed by atoms with van der Waals surface area (Å²) in [5.41, 5.74) is 0.374. The van der Waals surface area contributed by atoms with Crippen molar-refractivity contribution >= 4 is 50.9 Å². The Labute approximate surface area is 162 Å². The maximum atomic E-state index is 13.5. The summed E-state index contributed by atoms with van der Waals surface area (Å²) in [5, 5.41) is 2.51. The van der Waals surface area contributed by atoms with Crippen LogP contribution in [0.15, 0.2) is 46.9 Å². The fourth-order valence-corrected chi connectivity index (χ4v) is 2.43. The van der Waals surface area contributed by atoms with E-state index in [2.05, 4.69) is 21.2 Å². The summed E-state index contributed by atoms with van der Waals surface area (Å²) in [6.07, 6.45) is -0.196. The zero-order chi connectivity index (χ0) is 19.1. The third-order valence-corrected chi connectivity index (χ3v) is 4.05. The molecule has 26 heavy (non-hydrogen) atoms. The van der Waals surface area contributed by atoms with E-state index in [0.717, 1.165) is 10.5 Å². The van der Waals surface area contributed by atoms with Crippen LogP contribution in [0.4, 0.5) is 10.1 Å². The molecule has 0 saturated carbocycles. The first-order valence-corrected chi connectivity index (χ1v) is 8.71. The normalized spacial score (nSPS) is 10.3. The quantitative estimate of drug-likeness (QED) is 0.510. The Morgan fingerprint density at radius 2 is 1.77 bits per heavy atom. The van der Waals surface area contributed by atoms with Crippen LogP contribution in [0.2, 0.25) is 5.02 Å². The summed E-state index contributed by atoms with van der Waals surface area (Å²) in [6, 6.07) is 10.4. The molecule has 0 fully saturated rings. The molecule has 2 aromatic rings. The lowest BCUT2D eigenvalue weighted by Gasteiger charge is -2.08. The number of anilines is 1. The molecule has 0 atom stereocenters. The van der Waals surface area contributed by atoms with Crippen LogP contribution < -0.4 is 5.32 Å². The molecule has 5 nitrogen and oxygen atoms in total. The second-order valence-electron chi connectivity index (χ2n) is 5.26. The lowest BCUT2D eigenvalue weighted by molar-refractivity contribution is -0.147. The van der Waals surface area contributed by atoms with Gasteiger partial charge in [0.25, 0.3) is 5.91 Å². The third-order valence-electron chi connectivity index (χ3n) is 3.29. The van der Waals surface area contributed by atoms with Gasteiger partial charge in [0, 0.05) is 21.5 Å². The predicted octanol–water partition coefficient (Wildman–Crippen LogP) is 4.39. The van der Waals surface area contributed by atoms with E-state index >= 15 is 0 Å². The van der Waals surface area contributed by atoms with Crippen molar-refractivity contribution in [2.45, 2.75) is 12.8 Å². The monoisotopic (exact) mass is 441 g/mol. The SMILES string of the molecule is O=C(COC(=O)CCC(=O)c1ccc(Br)cc1)Nc1cc(Cl)ccc1F. The van der Waals surface area contributed by atoms with Gasteiger partial charge >= 0.3 is 5.97 Å². The lowest BCUT2D eigenvalue weighted by Crippen LogP contribution is -2.21. The van der Waals surface area contributed by atoms with Gasteiger partial charge in [-0.1, -0.05) is 39.7 Å². The van der Waals surface area contributed by atoms with Crippen molar-refractivity contribution < 1.29 is 23.5 Å². The standard InChI is InChI=1S/C18H14BrClFNO4/c19-12-3-1-11(2-4-12)16(23)7-8-18(25)26-10-17(24)22-15-9-13(20)5-6-14(15)21/h1-6,9H,7-8,10H2,(H,22,24). The molecule has 0 spiro atoms. The minimum atomic E-state index is -0.709. The molecule has 8 heteroatoms. The molecule has 0 aromatic heterocycles. The van der Waals surface area contributed by atoms with Gasteiger partial charge < -0.3 is 10.1 Å². The number of amides is 1. The molecule has 0 saturated heterocycles. The van der Waals surface area contributed by atoms with E-state index < -0.39 is 24.3 Å². The van der Waals surface area contributed by atoms with Crippen molar-refractivity contribution in [2.24, 2.45) is 0 Å². The number of benzene rings is 2. The molecule has 0 aliphatic rings. The highest BCUT2D eigenvalue weighted by Crippen LogP contribution is 2.19. The Bertz CT molecular complexity index is 826. The maximum Gasteiger partial charge on any atom is 0.306 e. The molecular weight excluding hydrogens is 429 g/mol. The number of rotatable bonds is 7. The van der Waals surface area contributed by atoms with Crippen LogP contribution in [0.3, 0.4) is 0 Å². The second-order valence-corrected chi connectivity index (χ2v) is 6.62. The average molecular weight is 443 g/mol. The van der Waals surface area contributed by atoms with Crippen LogP contribution in [0.1, 0.15) is 23.2 Å². The molecule has 2 rings (SSSR count). The molecule has 1 amide bonds. The smallest absolute Gasteiger partial charge is 0.306 e. The van der Waals surface area contributed by atoms with Crippen molar-refractivity contribution in [3.05, 3.63) is 63.3 Å². The third kappa shape index (κ3) is 6.24. The van der Waals surface area contributed by atoms with Crippen LogP contribution in [0.5, 0.6) is 0 Å². The van der Waals surface area contributed by atoms with Crippen LogP contribution in [-0.4, -0.2) is 24.3 Å². The largest absolute Gasteiger partial charge is 0.456 e. The molecule has 0 heterocycles. The molecular formula is C18H14BrClFNO4. The number of halogens is 3. The number of hydrogen-bond donors (Lipinski definition) is 1. The van der Waals surface area contributed by atoms with Gasteiger partial charge in [0.15, 0.2) is 12.4 Å². The van der Waals surface area contributed by atoms with E-state index in [9.17, 15) is 18.8 Å². The number of nitrogens with one attached hydrogen (secondary N) is 1. The number of ketones is 1. The molecule has 0 unspecified atom stereocenters. The van der Waals surface area contributed by atoms with Gasteiger partial charge in [-0.2, -0.15) is 0 Å². The fourth-order valence-electron chi connectivity index (χ4n) is 1.99. The van der Waals surface area contributed by atoms with Crippen LogP contribution >= 0.6 is 27.5 Å². The molecule has 0 radical (unpaired) electrons. The number of carbonyl (C=O) groups is 3. The first-order chi connectivity index (χ1) is 12.3. The first kappa shape index (κ1) is 20.1. The Balaban J connectivity index is 1.75. The van der Waals surface area contributed by atoms with E-state index in [1.807, 2.05) is 0 Å². The number of Topliss-reactive ketones (excluding diaryl/α,β-unsaturated/α-hetero) is 1. The summed E-state index contributed by atoms with van der Waals surface area (Å²) >= 11 is 8.99. The van der Waals surface area contributed by atoms with E-state index in [0.29, 0.717) is 5.56 Å². The van der Waals surface area contributed by atoms with Gasteiger partial charge in [-0.3, -0.25) is 14.4 Å². The van der Waals surface area contributed by atoms with Crippen molar-refractivity contribution in [3.8, 4) is 0 Å². The zero-order valence-corrected chi connectivity index (χ0v) is 15.8. The summed E-state index contributed by atoms with van der Waals surface area (Å²) in [5.74, 6) is -2.27. The Morgan fingerprint density at radius 1 is 1.08 bits per heavy atom. The van der Waals surface area contributed by atoms with Gasteiger partial charge in [0.2, 0.25) is 0 Å². The van der Waals surface area contributed by atoms with Crippen LogP contribution in [-0.2, 0) is 14.3 Å². The number of esters is 1. The highest BCUT2D eigenvalue weighted by molar-refractivity contribution is 9.10.